The third-order valence-corrected chi connectivity index (χ3v) is 4.39. The van der Waals surface area contributed by atoms with E-state index >= 15 is 0 Å². The van der Waals surface area contributed by atoms with Crippen LogP contribution in [0.4, 0.5) is 0 Å². The molecule has 0 spiro atoms. The molecule has 1 aliphatic rings. The van der Waals surface area contributed by atoms with E-state index in [0.29, 0.717) is 19.4 Å². The van der Waals surface area contributed by atoms with Gasteiger partial charge < -0.3 is 10.4 Å². The standard InChI is InChI=1S/C16H22BrN3O3/c17-12-7-5-11(6-8-12)13-10-14(20-19-13)16(23)18-9-3-1-2-4-15(21)22/h5-8,13-14,19-20H,1-4,9-10H2,(H,18,23)(H,21,22). The maximum atomic E-state index is 12.1. The Morgan fingerprint density at radius 2 is 1.91 bits per heavy atom. The van der Waals surface area contributed by atoms with Crippen LogP contribution in [0.3, 0.4) is 0 Å². The number of hydrazine groups is 1. The van der Waals surface area contributed by atoms with Crippen LogP contribution in [0.15, 0.2) is 28.7 Å². The average Bonchev–Trinajstić information content (AvgIpc) is 3.01. The summed E-state index contributed by atoms with van der Waals surface area (Å²) in [6, 6.07) is 7.92. The fraction of sp³-hybridized carbons (Fsp3) is 0.500. The summed E-state index contributed by atoms with van der Waals surface area (Å²) < 4.78 is 1.03. The maximum absolute atomic E-state index is 12.1. The Hall–Kier alpha value is -1.44. The monoisotopic (exact) mass is 383 g/mol. The molecule has 1 heterocycles. The predicted molar refractivity (Wildman–Crippen MR) is 90.7 cm³/mol. The van der Waals surface area contributed by atoms with E-state index in [0.717, 1.165) is 22.9 Å². The molecule has 0 bridgehead atoms. The van der Waals surface area contributed by atoms with Crippen molar-refractivity contribution in [2.45, 2.75) is 44.2 Å². The number of carbonyl (C=O) groups excluding carboxylic acids is 1. The lowest BCUT2D eigenvalue weighted by molar-refractivity contribution is -0.137. The zero-order chi connectivity index (χ0) is 16.7. The van der Waals surface area contributed by atoms with E-state index in [4.69, 9.17) is 5.11 Å². The largest absolute Gasteiger partial charge is 0.481 e. The van der Waals surface area contributed by atoms with Gasteiger partial charge in [-0.05, 0) is 37.0 Å². The van der Waals surface area contributed by atoms with Crippen LogP contribution in [0.5, 0.6) is 0 Å². The zero-order valence-corrected chi connectivity index (χ0v) is 14.4. The van der Waals surface area contributed by atoms with Gasteiger partial charge in [0.25, 0.3) is 0 Å². The molecule has 1 aliphatic heterocycles. The third kappa shape index (κ3) is 5.93. The lowest BCUT2D eigenvalue weighted by Gasteiger charge is -2.10. The summed E-state index contributed by atoms with van der Waals surface area (Å²) in [5, 5.41) is 11.4. The molecule has 2 atom stereocenters. The number of carboxylic acid groups (broad SMARTS) is 1. The average molecular weight is 384 g/mol. The Balaban J connectivity index is 1.66. The Labute approximate surface area is 144 Å². The molecule has 1 fully saturated rings. The zero-order valence-electron chi connectivity index (χ0n) is 12.8. The van der Waals surface area contributed by atoms with Gasteiger partial charge in [0.15, 0.2) is 0 Å². The van der Waals surface area contributed by atoms with Crippen molar-refractivity contribution in [3.8, 4) is 0 Å². The van der Waals surface area contributed by atoms with Gasteiger partial charge in [-0.25, -0.2) is 10.9 Å². The number of rotatable bonds is 8. The second-order valence-corrected chi connectivity index (χ2v) is 6.59. The van der Waals surface area contributed by atoms with Crippen molar-refractivity contribution < 1.29 is 14.7 Å². The van der Waals surface area contributed by atoms with Crippen molar-refractivity contribution in [2.75, 3.05) is 6.54 Å². The highest BCUT2D eigenvalue weighted by molar-refractivity contribution is 9.10. The first-order chi connectivity index (χ1) is 11.1. The van der Waals surface area contributed by atoms with E-state index < -0.39 is 5.97 Å². The van der Waals surface area contributed by atoms with Crippen LogP contribution in [-0.2, 0) is 9.59 Å². The lowest BCUT2D eigenvalue weighted by Crippen LogP contribution is -2.43. The van der Waals surface area contributed by atoms with Crippen LogP contribution < -0.4 is 16.2 Å². The molecule has 126 valence electrons. The smallest absolute Gasteiger partial charge is 0.303 e. The molecule has 1 aromatic rings. The van der Waals surface area contributed by atoms with Gasteiger partial charge in [-0.3, -0.25) is 9.59 Å². The van der Waals surface area contributed by atoms with E-state index in [1.807, 2.05) is 24.3 Å². The number of hydrogen-bond donors (Lipinski definition) is 4. The van der Waals surface area contributed by atoms with Gasteiger partial charge in [-0.2, -0.15) is 0 Å². The van der Waals surface area contributed by atoms with Crippen molar-refractivity contribution in [3.05, 3.63) is 34.3 Å². The van der Waals surface area contributed by atoms with E-state index in [1.165, 1.54) is 0 Å². The molecule has 0 aliphatic carbocycles. The third-order valence-electron chi connectivity index (χ3n) is 3.86. The fourth-order valence-corrected chi connectivity index (χ4v) is 2.82. The minimum Gasteiger partial charge on any atom is -0.481 e. The highest BCUT2D eigenvalue weighted by Crippen LogP contribution is 2.23. The van der Waals surface area contributed by atoms with Crippen LogP contribution in [0.1, 0.15) is 43.7 Å². The number of amides is 1. The summed E-state index contributed by atoms with van der Waals surface area (Å²) in [6.45, 7) is 0.583. The number of aliphatic carboxylic acids is 1. The summed E-state index contributed by atoms with van der Waals surface area (Å²) in [7, 11) is 0. The summed E-state index contributed by atoms with van der Waals surface area (Å²) in [5.74, 6) is -0.787. The first-order valence-corrected chi connectivity index (χ1v) is 8.61. The quantitative estimate of drug-likeness (QED) is 0.516. The van der Waals surface area contributed by atoms with E-state index in [2.05, 4.69) is 32.1 Å². The van der Waals surface area contributed by atoms with Crippen LogP contribution in [0.2, 0.25) is 0 Å². The van der Waals surface area contributed by atoms with Crippen molar-refractivity contribution in [2.24, 2.45) is 0 Å². The number of hydrogen-bond acceptors (Lipinski definition) is 4. The van der Waals surface area contributed by atoms with Gasteiger partial charge in [0.1, 0.15) is 6.04 Å². The molecule has 6 nitrogen and oxygen atoms in total. The van der Waals surface area contributed by atoms with Crippen molar-refractivity contribution in [1.29, 1.82) is 0 Å². The Morgan fingerprint density at radius 3 is 2.61 bits per heavy atom. The molecule has 2 unspecified atom stereocenters. The lowest BCUT2D eigenvalue weighted by atomic mass is 10.0. The molecular weight excluding hydrogens is 362 g/mol. The molecule has 1 amide bonds. The van der Waals surface area contributed by atoms with E-state index in [9.17, 15) is 9.59 Å². The molecule has 1 saturated heterocycles. The maximum Gasteiger partial charge on any atom is 0.303 e. The number of halogens is 1. The van der Waals surface area contributed by atoms with Crippen molar-refractivity contribution in [1.82, 2.24) is 16.2 Å². The number of benzene rings is 1. The molecule has 7 heteroatoms. The first-order valence-electron chi connectivity index (χ1n) is 7.82. The van der Waals surface area contributed by atoms with Gasteiger partial charge in [0.05, 0.1) is 0 Å². The predicted octanol–water partition coefficient (Wildman–Crippen LogP) is 2.12. The Bertz CT molecular complexity index is 536. The molecule has 0 radical (unpaired) electrons. The molecule has 2 rings (SSSR count). The van der Waals surface area contributed by atoms with Crippen LogP contribution in [0, 0.1) is 0 Å². The van der Waals surface area contributed by atoms with Crippen molar-refractivity contribution >= 4 is 27.8 Å². The molecule has 0 aromatic heterocycles. The van der Waals surface area contributed by atoms with E-state index in [-0.39, 0.29) is 24.4 Å². The van der Waals surface area contributed by atoms with Gasteiger partial charge in [0, 0.05) is 23.5 Å². The molecule has 4 N–H and O–H groups in total. The summed E-state index contributed by atoms with van der Waals surface area (Å²) in [5.41, 5.74) is 7.33. The normalized spacial score (nSPS) is 20.4. The highest BCUT2D eigenvalue weighted by atomic mass is 79.9. The molecule has 23 heavy (non-hydrogen) atoms. The van der Waals surface area contributed by atoms with Crippen LogP contribution >= 0.6 is 15.9 Å². The van der Waals surface area contributed by atoms with Gasteiger partial charge in [-0.1, -0.05) is 34.5 Å². The number of carboxylic acids is 1. The Morgan fingerprint density at radius 1 is 1.17 bits per heavy atom. The number of carbonyl (C=O) groups is 2. The number of unbranched alkanes of at least 4 members (excludes halogenated alkanes) is 2. The van der Waals surface area contributed by atoms with E-state index in [1.54, 1.807) is 0 Å². The molecular formula is C16H22BrN3O3. The second-order valence-electron chi connectivity index (χ2n) is 5.68. The minimum absolute atomic E-state index is 0.0182. The second kappa shape index (κ2) is 9.00. The number of nitrogens with one attached hydrogen (secondary N) is 3. The first kappa shape index (κ1) is 17.9. The van der Waals surface area contributed by atoms with Gasteiger partial charge in [0.2, 0.25) is 5.91 Å². The fourth-order valence-electron chi connectivity index (χ4n) is 2.55. The highest BCUT2D eigenvalue weighted by Gasteiger charge is 2.29. The minimum atomic E-state index is -0.769. The molecule has 1 aromatic carbocycles. The molecule has 0 saturated carbocycles. The summed E-state index contributed by atoms with van der Waals surface area (Å²) in [4.78, 5) is 22.5. The summed E-state index contributed by atoms with van der Waals surface area (Å²) >= 11 is 3.41. The van der Waals surface area contributed by atoms with Gasteiger partial charge in [-0.15, -0.1) is 0 Å². The SMILES string of the molecule is O=C(O)CCCCCNC(=O)C1CC(c2ccc(Br)cc2)NN1. The van der Waals surface area contributed by atoms with Crippen LogP contribution in [-0.4, -0.2) is 29.6 Å². The van der Waals surface area contributed by atoms with Crippen LogP contribution in [0.25, 0.3) is 0 Å². The van der Waals surface area contributed by atoms with Crippen molar-refractivity contribution in [3.63, 3.8) is 0 Å². The van der Waals surface area contributed by atoms with Gasteiger partial charge >= 0.3 is 5.97 Å². The summed E-state index contributed by atoms with van der Waals surface area (Å²) in [6.07, 6.45) is 3.16. The Kier molecular flexibility index (Phi) is 7.01. The topological polar surface area (TPSA) is 90.5 Å².